The van der Waals surface area contributed by atoms with Gasteiger partial charge in [0.15, 0.2) is 11.5 Å². The Bertz CT molecular complexity index is 788. The maximum Gasteiger partial charge on any atom is 0.225 e. The molecule has 0 bridgehead atoms. The second-order valence-corrected chi connectivity index (χ2v) is 6.93. The van der Waals surface area contributed by atoms with Crippen LogP contribution in [0.15, 0.2) is 41.3 Å². The highest BCUT2D eigenvalue weighted by atomic mass is 35.5. The van der Waals surface area contributed by atoms with Gasteiger partial charge < -0.3 is 25.3 Å². The van der Waals surface area contributed by atoms with Crippen molar-refractivity contribution in [1.82, 2.24) is 0 Å². The van der Waals surface area contributed by atoms with Crippen LogP contribution in [0.2, 0.25) is 0 Å². The summed E-state index contributed by atoms with van der Waals surface area (Å²) in [5, 5.41) is 2.85. The molecule has 146 valence electrons. The number of nitrogens with two attached hydrogens (primary N) is 1. The van der Waals surface area contributed by atoms with Gasteiger partial charge in [-0.25, -0.2) is 0 Å². The quantitative estimate of drug-likeness (QED) is 0.553. The molecule has 0 aromatic heterocycles. The minimum atomic E-state index is -0.0589. The number of hydrogen-bond acceptors (Lipinski definition) is 6. The number of halogens is 1. The van der Waals surface area contributed by atoms with Crippen molar-refractivity contribution in [3.8, 4) is 17.2 Å². The van der Waals surface area contributed by atoms with Gasteiger partial charge in [0.05, 0.1) is 26.0 Å². The number of anilines is 2. The van der Waals surface area contributed by atoms with E-state index in [9.17, 15) is 4.79 Å². The van der Waals surface area contributed by atoms with Gasteiger partial charge in [-0.3, -0.25) is 4.79 Å². The molecule has 0 atom stereocenters. The van der Waals surface area contributed by atoms with E-state index in [0.29, 0.717) is 42.5 Å². The van der Waals surface area contributed by atoms with Crippen molar-refractivity contribution in [2.75, 3.05) is 37.1 Å². The van der Waals surface area contributed by atoms with Crippen molar-refractivity contribution >= 4 is 41.5 Å². The highest BCUT2D eigenvalue weighted by molar-refractivity contribution is 7.99. The average Bonchev–Trinajstić information content (AvgIpc) is 2.87. The Morgan fingerprint density at radius 1 is 1.19 bits per heavy atom. The molecule has 0 fully saturated rings. The number of fused-ring (bicyclic) bond motifs is 1. The fourth-order valence-electron chi connectivity index (χ4n) is 2.53. The number of carbonyl (C=O) groups is 1. The van der Waals surface area contributed by atoms with Crippen LogP contribution in [0.25, 0.3) is 0 Å². The molecular formula is C19H23ClN2O4S. The molecule has 1 aliphatic rings. The molecule has 8 heteroatoms. The number of thioether (sulfide) groups is 1. The van der Waals surface area contributed by atoms with E-state index in [1.165, 1.54) is 0 Å². The first-order chi connectivity index (χ1) is 12.7. The van der Waals surface area contributed by atoms with Crippen molar-refractivity contribution in [3.05, 3.63) is 36.4 Å². The smallest absolute Gasteiger partial charge is 0.225 e. The Morgan fingerprint density at radius 2 is 1.96 bits per heavy atom. The topological polar surface area (TPSA) is 82.8 Å². The van der Waals surface area contributed by atoms with Crippen LogP contribution < -0.4 is 25.3 Å². The Balaban J connectivity index is 0.00000261. The molecule has 0 aliphatic carbocycles. The van der Waals surface area contributed by atoms with Gasteiger partial charge in [0.2, 0.25) is 5.91 Å². The highest BCUT2D eigenvalue weighted by Crippen LogP contribution is 2.34. The summed E-state index contributed by atoms with van der Waals surface area (Å²) in [6.07, 6.45) is 1.28. The number of benzene rings is 2. The van der Waals surface area contributed by atoms with E-state index in [1.807, 2.05) is 18.2 Å². The van der Waals surface area contributed by atoms with E-state index in [-0.39, 0.29) is 18.3 Å². The molecule has 0 saturated carbocycles. The molecule has 27 heavy (non-hydrogen) atoms. The van der Waals surface area contributed by atoms with E-state index in [2.05, 4.69) is 5.32 Å². The molecule has 0 radical (unpaired) electrons. The maximum atomic E-state index is 12.1. The van der Waals surface area contributed by atoms with E-state index in [1.54, 1.807) is 37.1 Å². The predicted octanol–water partition coefficient (Wildman–Crippen LogP) is 3.98. The van der Waals surface area contributed by atoms with Crippen molar-refractivity contribution in [3.63, 3.8) is 0 Å². The van der Waals surface area contributed by atoms with Crippen molar-refractivity contribution in [1.29, 1.82) is 0 Å². The summed E-state index contributed by atoms with van der Waals surface area (Å²) < 4.78 is 16.4. The van der Waals surface area contributed by atoms with E-state index in [0.717, 1.165) is 22.8 Å². The van der Waals surface area contributed by atoms with Gasteiger partial charge in [-0.05, 0) is 36.4 Å². The van der Waals surface area contributed by atoms with Gasteiger partial charge >= 0.3 is 0 Å². The van der Waals surface area contributed by atoms with Crippen LogP contribution in [0.3, 0.4) is 0 Å². The van der Waals surface area contributed by atoms with Crippen LogP contribution in [0.4, 0.5) is 11.4 Å². The lowest BCUT2D eigenvalue weighted by Gasteiger charge is -2.10. The molecule has 0 saturated heterocycles. The Morgan fingerprint density at radius 3 is 2.70 bits per heavy atom. The number of methoxy groups -OCH3 is 1. The molecule has 0 unspecified atom stereocenters. The first kappa shape index (κ1) is 21.1. The van der Waals surface area contributed by atoms with Gasteiger partial charge in [0.25, 0.3) is 0 Å². The average molecular weight is 411 g/mol. The Hall–Kier alpha value is -2.25. The Kier molecular flexibility index (Phi) is 7.94. The second-order valence-electron chi connectivity index (χ2n) is 5.76. The number of hydrogen-bond donors (Lipinski definition) is 2. The van der Waals surface area contributed by atoms with E-state index in [4.69, 9.17) is 19.9 Å². The lowest BCUT2D eigenvalue weighted by atomic mass is 10.2. The predicted molar refractivity (Wildman–Crippen MR) is 111 cm³/mol. The third-order valence-electron chi connectivity index (χ3n) is 3.83. The zero-order chi connectivity index (χ0) is 18.4. The minimum Gasteiger partial charge on any atom is -0.495 e. The highest BCUT2D eigenvalue weighted by Gasteiger charge is 2.11. The minimum absolute atomic E-state index is 0. The van der Waals surface area contributed by atoms with Gasteiger partial charge in [0, 0.05) is 29.2 Å². The number of nitrogen functional groups attached to an aromatic ring is 1. The standard InChI is InChI=1S/C19H22N2O4S.ClH/c1-23-16-5-3-13(11-15(16)20)21-19(22)7-10-26-14-4-6-17-18(12-14)25-9-2-8-24-17;/h3-6,11-12H,2,7-10,20H2,1H3,(H,21,22);1H. The van der Waals surface area contributed by atoms with Crippen LogP contribution in [0.5, 0.6) is 17.2 Å². The van der Waals surface area contributed by atoms with Gasteiger partial charge in [0.1, 0.15) is 5.75 Å². The fourth-order valence-corrected chi connectivity index (χ4v) is 3.41. The van der Waals surface area contributed by atoms with Crippen molar-refractivity contribution in [2.24, 2.45) is 0 Å². The SMILES string of the molecule is COc1ccc(NC(=O)CCSc2ccc3c(c2)OCCCO3)cc1N.Cl. The van der Waals surface area contributed by atoms with Crippen molar-refractivity contribution in [2.45, 2.75) is 17.7 Å². The summed E-state index contributed by atoms with van der Waals surface area (Å²) in [5.41, 5.74) is 7.00. The first-order valence-electron chi connectivity index (χ1n) is 8.41. The summed E-state index contributed by atoms with van der Waals surface area (Å²) in [6, 6.07) is 11.1. The summed E-state index contributed by atoms with van der Waals surface area (Å²) >= 11 is 1.61. The van der Waals surface area contributed by atoms with Crippen LogP contribution in [-0.2, 0) is 4.79 Å². The third-order valence-corrected chi connectivity index (χ3v) is 4.83. The largest absolute Gasteiger partial charge is 0.495 e. The molecule has 6 nitrogen and oxygen atoms in total. The maximum absolute atomic E-state index is 12.1. The van der Waals surface area contributed by atoms with Crippen LogP contribution >= 0.6 is 24.2 Å². The van der Waals surface area contributed by atoms with E-state index >= 15 is 0 Å². The number of rotatable bonds is 6. The Labute approximate surface area is 169 Å². The molecule has 2 aromatic carbocycles. The number of ether oxygens (including phenoxy) is 3. The molecule has 1 amide bonds. The zero-order valence-electron chi connectivity index (χ0n) is 15.0. The van der Waals surface area contributed by atoms with Gasteiger partial charge in [-0.1, -0.05) is 0 Å². The molecular weight excluding hydrogens is 388 g/mol. The molecule has 2 aromatic rings. The number of carbonyl (C=O) groups excluding carboxylic acids is 1. The molecule has 1 aliphatic heterocycles. The van der Waals surface area contributed by atoms with Crippen LogP contribution in [-0.4, -0.2) is 32.0 Å². The first-order valence-corrected chi connectivity index (χ1v) is 9.40. The summed E-state index contributed by atoms with van der Waals surface area (Å²) in [7, 11) is 1.56. The molecule has 3 N–H and O–H groups in total. The lowest BCUT2D eigenvalue weighted by Crippen LogP contribution is -2.12. The summed E-state index contributed by atoms with van der Waals surface area (Å²) in [4.78, 5) is 13.2. The summed E-state index contributed by atoms with van der Waals surface area (Å²) in [6.45, 7) is 1.34. The lowest BCUT2D eigenvalue weighted by molar-refractivity contribution is -0.115. The third kappa shape index (κ3) is 5.87. The number of amides is 1. The van der Waals surface area contributed by atoms with Gasteiger partial charge in [-0.15, -0.1) is 24.2 Å². The summed E-state index contributed by atoms with van der Waals surface area (Å²) in [5.74, 6) is 2.74. The van der Waals surface area contributed by atoms with Gasteiger partial charge in [-0.2, -0.15) is 0 Å². The van der Waals surface area contributed by atoms with Crippen LogP contribution in [0.1, 0.15) is 12.8 Å². The van der Waals surface area contributed by atoms with Crippen LogP contribution in [0, 0.1) is 0 Å². The molecule has 0 spiro atoms. The van der Waals surface area contributed by atoms with Crippen molar-refractivity contribution < 1.29 is 19.0 Å². The second kappa shape index (κ2) is 10.2. The molecule has 3 rings (SSSR count). The zero-order valence-corrected chi connectivity index (χ0v) is 16.7. The fraction of sp³-hybridized carbons (Fsp3) is 0.316. The molecule has 1 heterocycles. The normalized spacial score (nSPS) is 12.5. The number of nitrogens with one attached hydrogen (secondary N) is 1. The monoisotopic (exact) mass is 410 g/mol. The van der Waals surface area contributed by atoms with E-state index < -0.39 is 0 Å².